The zero-order valence-corrected chi connectivity index (χ0v) is 13.2. The largest absolute Gasteiger partial charge is 0.437 e. The molecule has 1 N–H and O–H groups in total. The van der Waals surface area contributed by atoms with Gasteiger partial charge in [0.05, 0.1) is 18.1 Å². The molecule has 2 aromatic rings. The van der Waals surface area contributed by atoms with E-state index >= 15 is 0 Å². The summed E-state index contributed by atoms with van der Waals surface area (Å²) in [5.41, 5.74) is 4.46. The molecule has 2 rings (SSSR count). The lowest BCUT2D eigenvalue weighted by molar-refractivity contribution is 0.454. The molecule has 0 aliphatic carbocycles. The quantitative estimate of drug-likeness (QED) is 0.822. The van der Waals surface area contributed by atoms with E-state index in [1.54, 1.807) is 12.4 Å². The molecule has 0 fully saturated rings. The van der Waals surface area contributed by atoms with Gasteiger partial charge in [0.25, 0.3) is 0 Å². The second kappa shape index (κ2) is 7.18. The lowest BCUT2D eigenvalue weighted by Crippen LogP contribution is -2.14. The number of nitrogens with zero attached hydrogens (tertiary/aromatic N) is 2. The van der Waals surface area contributed by atoms with Gasteiger partial charge in [-0.3, -0.25) is 4.98 Å². The summed E-state index contributed by atoms with van der Waals surface area (Å²) >= 11 is 0. The Kier molecular flexibility index (Phi) is 5.28. The molecule has 0 aliphatic heterocycles. The van der Waals surface area contributed by atoms with E-state index in [4.69, 9.17) is 4.74 Å². The fourth-order valence-corrected chi connectivity index (χ4v) is 2.10. The zero-order valence-electron chi connectivity index (χ0n) is 13.2. The Hall–Kier alpha value is -1.94. The van der Waals surface area contributed by atoms with Gasteiger partial charge in [0.2, 0.25) is 5.88 Å². The van der Waals surface area contributed by atoms with Gasteiger partial charge in [-0.2, -0.15) is 0 Å². The van der Waals surface area contributed by atoms with Crippen LogP contribution in [0.2, 0.25) is 0 Å². The highest BCUT2D eigenvalue weighted by Crippen LogP contribution is 2.27. The van der Waals surface area contributed by atoms with E-state index in [9.17, 15) is 0 Å². The molecule has 4 nitrogen and oxygen atoms in total. The number of rotatable bonds is 6. The third-order valence-electron chi connectivity index (χ3n) is 3.39. The second-order valence-electron chi connectivity index (χ2n) is 5.33. The number of nitrogens with one attached hydrogen (secondary N) is 1. The molecule has 0 spiro atoms. The van der Waals surface area contributed by atoms with Gasteiger partial charge >= 0.3 is 0 Å². The van der Waals surface area contributed by atoms with E-state index in [-0.39, 0.29) is 0 Å². The topological polar surface area (TPSA) is 47.0 Å². The van der Waals surface area contributed by atoms with Crippen molar-refractivity contribution in [1.82, 2.24) is 15.3 Å². The number of aryl methyl sites for hydroxylation is 2. The minimum atomic E-state index is 0.530. The van der Waals surface area contributed by atoms with Gasteiger partial charge in [-0.25, -0.2) is 4.98 Å². The molecule has 0 radical (unpaired) electrons. The first-order valence-electron chi connectivity index (χ1n) is 7.37. The molecule has 0 aliphatic rings. The summed E-state index contributed by atoms with van der Waals surface area (Å²) in [5.74, 6) is 1.38. The predicted octanol–water partition coefficient (Wildman–Crippen LogP) is 3.69. The minimum absolute atomic E-state index is 0.530. The van der Waals surface area contributed by atoms with Crippen molar-refractivity contribution in [1.29, 1.82) is 0 Å². The first-order valence-corrected chi connectivity index (χ1v) is 7.37. The van der Waals surface area contributed by atoms with Crippen LogP contribution in [0.1, 0.15) is 35.7 Å². The standard InChI is InChI=1S/C17H23N3O/c1-5-6-18-9-15-10-20-17(11-19-15)21-16-8-12(2)7-13(3)14(16)4/h7-8,10-11,18H,5-6,9H2,1-4H3. The van der Waals surface area contributed by atoms with Crippen molar-refractivity contribution in [2.24, 2.45) is 0 Å². The summed E-state index contributed by atoms with van der Waals surface area (Å²) in [6.07, 6.45) is 4.55. The molecule has 0 saturated carbocycles. The van der Waals surface area contributed by atoms with Crippen LogP contribution in [0, 0.1) is 20.8 Å². The van der Waals surface area contributed by atoms with Crippen molar-refractivity contribution in [2.45, 2.75) is 40.7 Å². The van der Waals surface area contributed by atoms with E-state index in [1.165, 1.54) is 11.1 Å². The Bertz CT molecular complexity index is 594. The van der Waals surface area contributed by atoms with Crippen LogP contribution in [0.15, 0.2) is 24.5 Å². The first-order chi connectivity index (χ1) is 10.1. The normalized spacial score (nSPS) is 10.7. The Morgan fingerprint density at radius 3 is 2.57 bits per heavy atom. The highest BCUT2D eigenvalue weighted by atomic mass is 16.5. The Morgan fingerprint density at radius 1 is 1.10 bits per heavy atom. The van der Waals surface area contributed by atoms with Crippen LogP contribution < -0.4 is 10.1 Å². The van der Waals surface area contributed by atoms with Gasteiger partial charge in [0.15, 0.2) is 0 Å². The highest BCUT2D eigenvalue weighted by molar-refractivity contribution is 5.43. The smallest absolute Gasteiger partial charge is 0.237 e. The summed E-state index contributed by atoms with van der Waals surface area (Å²) < 4.78 is 5.86. The lowest BCUT2D eigenvalue weighted by Gasteiger charge is -2.11. The van der Waals surface area contributed by atoms with Crippen molar-refractivity contribution in [3.63, 3.8) is 0 Å². The fourth-order valence-electron chi connectivity index (χ4n) is 2.10. The Labute approximate surface area is 126 Å². The molecular formula is C17H23N3O. The predicted molar refractivity (Wildman–Crippen MR) is 84.8 cm³/mol. The van der Waals surface area contributed by atoms with Crippen molar-refractivity contribution in [2.75, 3.05) is 6.54 Å². The molecule has 0 amide bonds. The molecule has 4 heteroatoms. The van der Waals surface area contributed by atoms with Crippen LogP contribution in [-0.2, 0) is 6.54 Å². The molecule has 0 bridgehead atoms. The lowest BCUT2D eigenvalue weighted by atomic mass is 10.1. The van der Waals surface area contributed by atoms with Crippen LogP contribution in [0.4, 0.5) is 0 Å². The zero-order chi connectivity index (χ0) is 15.2. The Morgan fingerprint density at radius 2 is 1.90 bits per heavy atom. The molecule has 112 valence electrons. The highest BCUT2D eigenvalue weighted by Gasteiger charge is 2.06. The average Bonchev–Trinajstić information content (AvgIpc) is 2.46. The van der Waals surface area contributed by atoms with Crippen LogP contribution in [0.5, 0.6) is 11.6 Å². The molecule has 0 saturated heterocycles. The SMILES string of the molecule is CCCNCc1cnc(Oc2cc(C)cc(C)c2C)cn1. The number of hydrogen-bond donors (Lipinski definition) is 1. The summed E-state index contributed by atoms with van der Waals surface area (Å²) in [7, 11) is 0. The summed E-state index contributed by atoms with van der Waals surface area (Å²) in [6.45, 7) is 10.1. The first kappa shape index (κ1) is 15.4. The van der Waals surface area contributed by atoms with E-state index in [0.29, 0.717) is 5.88 Å². The van der Waals surface area contributed by atoms with Crippen molar-refractivity contribution in [3.8, 4) is 11.6 Å². The maximum Gasteiger partial charge on any atom is 0.237 e. The molecule has 1 aromatic heterocycles. The van der Waals surface area contributed by atoms with Crippen molar-refractivity contribution < 1.29 is 4.74 Å². The number of ether oxygens (including phenoxy) is 1. The van der Waals surface area contributed by atoms with Crippen molar-refractivity contribution >= 4 is 0 Å². The summed E-state index contributed by atoms with van der Waals surface area (Å²) in [6, 6.07) is 4.18. The number of benzene rings is 1. The van der Waals surface area contributed by atoms with Gasteiger partial charge < -0.3 is 10.1 Å². The molecule has 21 heavy (non-hydrogen) atoms. The maximum absolute atomic E-state index is 5.86. The third kappa shape index (κ3) is 4.26. The summed E-state index contributed by atoms with van der Waals surface area (Å²) in [5, 5.41) is 3.30. The van der Waals surface area contributed by atoms with E-state index in [0.717, 1.165) is 36.5 Å². The Balaban J connectivity index is 2.07. The van der Waals surface area contributed by atoms with Gasteiger partial charge in [0, 0.05) is 6.54 Å². The fraction of sp³-hybridized carbons (Fsp3) is 0.412. The van der Waals surface area contributed by atoms with Crippen LogP contribution >= 0.6 is 0 Å². The van der Waals surface area contributed by atoms with Crippen LogP contribution in [-0.4, -0.2) is 16.5 Å². The van der Waals surface area contributed by atoms with E-state index < -0.39 is 0 Å². The van der Waals surface area contributed by atoms with E-state index in [2.05, 4.69) is 49.0 Å². The van der Waals surface area contributed by atoms with Crippen molar-refractivity contribution in [3.05, 3.63) is 46.9 Å². The van der Waals surface area contributed by atoms with Crippen LogP contribution in [0.25, 0.3) is 0 Å². The maximum atomic E-state index is 5.86. The molecule has 1 heterocycles. The third-order valence-corrected chi connectivity index (χ3v) is 3.39. The average molecular weight is 285 g/mol. The second-order valence-corrected chi connectivity index (χ2v) is 5.33. The molecule has 0 atom stereocenters. The van der Waals surface area contributed by atoms with Gasteiger partial charge in [-0.15, -0.1) is 0 Å². The number of hydrogen-bond acceptors (Lipinski definition) is 4. The van der Waals surface area contributed by atoms with E-state index in [1.807, 2.05) is 6.07 Å². The van der Waals surface area contributed by atoms with Gasteiger partial charge in [0.1, 0.15) is 5.75 Å². The molecule has 0 unspecified atom stereocenters. The summed E-state index contributed by atoms with van der Waals surface area (Å²) in [4.78, 5) is 8.70. The minimum Gasteiger partial charge on any atom is -0.437 e. The number of aromatic nitrogens is 2. The van der Waals surface area contributed by atoms with Gasteiger partial charge in [-0.05, 0) is 56.5 Å². The molecular weight excluding hydrogens is 262 g/mol. The monoisotopic (exact) mass is 285 g/mol. The molecule has 1 aromatic carbocycles. The van der Waals surface area contributed by atoms with Crippen LogP contribution in [0.3, 0.4) is 0 Å². The van der Waals surface area contributed by atoms with Gasteiger partial charge in [-0.1, -0.05) is 13.0 Å².